The number of ether oxygens (including phenoxy) is 3. The third-order valence-corrected chi connectivity index (χ3v) is 7.93. The van der Waals surface area contributed by atoms with Crippen molar-refractivity contribution >= 4 is 10.3 Å². The van der Waals surface area contributed by atoms with E-state index in [2.05, 4.69) is 6.92 Å². The van der Waals surface area contributed by atoms with Crippen LogP contribution in [0.3, 0.4) is 0 Å². The molecule has 5 atom stereocenters. The Morgan fingerprint density at radius 2 is 1.93 bits per heavy atom. The zero-order chi connectivity index (χ0) is 20.8. The Morgan fingerprint density at radius 1 is 1.14 bits per heavy atom. The summed E-state index contributed by atoms with van der Waals surface area (Å²) in [7, 11) is -0.907. The summed E-state index contributed by atoms with van der Waals surface area (Å²) in [6.45, 7) is 2.74. The minimum Gasteiger partial charge on any atom is -0.493 e. The van der Waals surface area contributed by atoms with Gasteiger partial charge in [0.1, 0.15) is 6.79 Å². The molecule has 0 amide bonds. The van der Waals surface area contributed by atoms with Crippen molar-refractivity contribution in [2.24, 2.45) is 22.4 Å². The molecule has 1 aromatic rings. The first-order valence-electron chi connectivity index (χ1n) is 10.3. The second-order valence-electron chi connectivity index (χ2n) is 8.88. The molecular formula is C21H31NO6S. The molecule has 2 N–H and O–H groups in total. The van der Waals surface area contributed by atoms with Crippen molar-refractivity contribution in [1.29, 1.82) is 0 Å². The maximum atomic E-state index is 11.4. The van der Waals surface area contributed by atoms with Crippen molar-refractivity contribution in [2.75, 3.05) is 21.0 Å². The number of hydrogen-bond acceptors (Lipinski definition) is 6. The van der Waals surface area contributed by atoms with E-state index < -0.39 is 10.3 Å². The number of methoxy groups -OCH3 is 2. The summed E-state index contributed by atoms with van der Waals surface area (Å²) in [5.41, 5.74) is 2.60. The van der Waals surface area contributed by atoms with Gasteiger partial charge in [0.2, 0.25) is 0 Å². The van der Waals surface area contributed by atoms with Crippen LogP contribution in [0.15, 0.2) is 12.1 Å². The minimum absolute atomic E-state index is 0.168. The Kier molecular flexibility index (Phi) is 5.57. The third kappa shape index (κ3) is 3.76. The zero-order valence-electron chi connectivity index (χ0n) is 17.3. The number of hydrogen-bond donors (Lipinski definition) is 1. The molecule has 8 heteroatoms. The highest BCUT2D eigenvalue weighted by Crippen LogP contribution is 2.62. The Labute approximate surface area is 173 Å². The second-order valence-corrected chi connectivity index (χ2v) is 10.0. The van der Waals surface area contributed by atoms with Crippen LogP contribution in [0.2, 0.25) is 0 Å². The Bertz CT molecular complexity index is 872. The molecule has 3 aliphatic rings. The van der Waals surface area contributed by atoms with E-state index in [0.717, 1.165) is 37.7 Å². The van der Waals surface area contributed by atoms with Crippen LogP contribution in [-0.4, -0.2) is 35.5 Å². The molecule has 162 valence electrons. The summed E-state index contributed by atoms with van der Waals surface area (Å²) in [5, 5.41) is 5.07. The van der Waals surface area contributed by atoms with Gasteiger partial charge in [0.05, 0.1) is 13.2 Å². The molecule has 7 nitrogen and oxygen atoms in total. The van der Waals surface area contributed by atoms with Crippen molar-refractivity contribution in [3.8, 4) is 11.5 Å². The van der Waals surface area contributed by atoms with Crippen LogP contribution in [0.25, 0.3) is 0 Å². The summed E-state index contributed by atoms with van der Waals surface area (Å²) >= 11 is 0. The molecule has 0 spiro atoms. The van der Waals surface area contributed by atoms with E-state index >= 15 is 0 Å². The molecule has 0 aliphatic heterocycles. The van der Waals surface area contributed by atoms with Crippen molar-refractivity contribution < 1.29 is 26.8 Å². The lowest BCUT2D eigenvalue weighted by molar-refractivity contribution is -0.125. The van der Waals surface area contributed by atoms with Gasteiger partial charge in [-0.2, -0.15) is 13.6 Å². The maximum absolute atomic E-state index is 11.4. The predicted octanol–water partition coefficient (Wildman–Crippen LogP) is 3.12. The van der Waals surface area contributed by atoms with E-state index in [-0.39, 0.29) is 17.3 Å². The van der Waals surface area contributed by atoms with Gasteiger partial charge >= 0.3 is 10.3 Å². The van der Waals surface area contributed by atoms with Crippen LogP contribution in [0.5, 0.6) is 11.5 Å². The number of rotatable bonds is 6. The van der Waals surface area contributed by atoms with Crippen LogP contribution in [0, 0.1) is 17.3 Å². The number of aryl methyl sites for hydroxylation is 1. The lowest BCUT2D eigenvalue weighted by Crippen LogP contribution is -2.44. The van der Waals surface area contributed by atoms with E-state index in [4.69, 9.17) is 23.5 Å². The minimum atomic E-state index is -4.10. The van der Waals surface area contributed by atoms with Gasteiger partial charge in [0.15, 0.2) is 11.5 Å². The number of nitrogens with two attached hydrogens (primary N) is 1. The standard InChI is InChI=1S/C21H31NO6S/c1-21-9-8-14-15(17(21)6-7-20(21)27-12-25-2)5-4-13-10-19(28-29(22,23)24)18(26-3)11-16(13)14/h10-11,14-15,17,20H,4-9,12H2,1-3H3,(H2,22,23,24)/t14-,15+,17-,20-,21-/m0/s1. The van der Waals surface area contributed by atoms with Gasteiger partial charge in [-0.05, 0) is 85.0 Å². The van der Waals surface area contributed by atoms with Crippen LogP contribution >= 0.6 is 0 Å². The van der Waals surface area contributed by atoms with E-state index in [9.17, 15) is 8.42 Å². The predicted molar refractivity (Wildman–Crippen MR) is 108 cm³/mol. The lowest BCUT2D eigenvalue weighted by atomic mass is 9.55. The summed E-state index contributed by atoms with van der Waals surface area (Å²) in [4.78, 5) is 0. The van der Waals surface area contributed by atoms with Crippen molar-refractivity contribution in [2.45, 2.75) is 57.5 Å². The molecule has 1 aromatic carbocycles. The molecule has 0 aromatic heterocycles. The molecule has 0 heterocycles. The van der Waals surface area contributed by atoms with Gasteiger partial charge in [-0.15, -0.1) is 0 Å². The topological polar surface area (TPSA) is 97.1 Å². The molecule has 0 bridgehead atoms. The van der Waals surface area contributed by atoms with Crippen molar-refractivity contribution in [3.05, 3.63) is 23.3 Å². The van der Waals surface area contributed by atoms with Gasteiger partial charge in [0, 0.05) is 7.11 Å². The Hall–Kier alpha value is -1.35. The van der Waals surface area contributed by atoms with E-state index in [0.29, 0.717) is 30.3 Å². The number of fused-ring (bicyclic) bond motifs is 5. The van der Waals surface area contributed by atoms with Crippen LogP contribution in [0.4, 0.5) is 0 Å². The monoisotopic (exact) mass is 425 g/mol. The molecule has 2 saturated carbocycles. The lowest BCUT2D eigenvalue weighted by Gasteiger charge is -2.50. The molecule has 0 saturated heterocycles. The number of benzene rings is 1. The summed E-state index contributed by atoms with van der Waals surface area (Å²) in [6.07, 6.45) is 6.74. The van der Waals surface area contributed by atoms with Gasteiger partial charge in [-0.25, -0.2) is 0 Å². The fourth-order valence-corrected chi connectivity index (χ4v) is 6.68. The van der Waals surface area contributed by atoms with Crippen LogP contribution in [-0.2, 0) is 26.2 Å². The van der Waals surface area contributed by atoms with Crippen molar-refractivity contribution in [3.63, 3.8) is 0 Å². The Balaban J connectivity index is 1.62. The zero-order valence-corrected chi connectivity index (χ0v) is 18.2. The fraction of sp³-hybridized carbons (Fsp3) is 0.714. The van der Waals surface area contributed by atoms with E-state index in [1.807, 2.05) is 6.07 Å². The quantitative estimate of drug-likeness (QED) is 0.704. The van der Waals surface area contributed by atoms with Crippen LogP contribution < -0.4 is 14.1 Å². The first kappa shape index (κ1) is 20.9. The highest BCUT2D eigenvalue weighted by atomic mass is 32.2. The molecular weight excluding hydrogens is 394 g/mol. The Morgan fingerprint density at radius 3 is 2.62 bits per heavy atom. The molecule has 4 rings (SSSR count). The molecule has 2 fully saturated rings. The van der Waals surface area contributed by atoms with Crippen LogP contribution in [0.1, 0.15) is 56.1 Å². The SMILES string of the molecule is COCO[C@H]1CC[C@H]2[C@@H]3CCc4cc(OS(N)(=O)=O)c(OC)cc4[C@H]3CC[C@]12C. The average Bonchev–Trinajstić information content (AvgIpc) is 3.00. The fourth-order valence-electron chi connectivity index (χ4n) is 6.30. The average molecular weight is 426 g/mol. The van der Waals surface area contributed by atoms with Gasteiger partial charge in [-0.3, -0.25) is 0 Å². The molecule has 0 radical (unpaired) electrons. The molecule has 3 aliphatic carbocycles. The van der Waals surface area contributed by atoms with Gasteiger partial charge in [-0.1, -0.05) is 6.92 Å². The second kappa shape index (κ2) is 7.72. The van der Waals surface area contributed by atoms with Gasteiger partial charge in [0.25, 0.3) is 0 Å². The summed E-state index contributed by atoms with van der Waals surface area (Å²) in [5.74, 6) is 2.27. The summed E-state index contributed by atoms with van der Waals surface area (Å²) < 4.78 is 44.4. The van der Waals surface area contributed by atoms with Gasteiger partial charge < -0.3 is 18.4 Å². The first-order valence-corrected chi connectivity index (χ1v) is 11.8. The largest absolute Gasteiger partial charge is 0.493 e. The van der Waals surface area contributed by atoms with Crippen molar-refractivity contribution in [1.82, 2.24) is 0 Å². The first-order chi connectivity index (χ1) is 13.8. The normalized spacial score (nSPS) is 33.5. The molecule has 29 heavy (non-hydrogen) atoms. The van der Waals surface area contributed by atoms with E-state index in [1.54, 1.807) is 13.2 Å². The third-order valence-electron chi connectivity index (χ3n) is 7.52. The van der Waals surface area contributed by atoms with E-state index in [1.165, 1.54) is 19.1 Å². The maximum Gasteiger partial charge on any atom is 0.380 e. The smallest absolute Gasteiger partial charge is 0.380 e. The molecule has 0 unspecified atom stereocenters. The highest BCUT2D eigenvalue weighted by Gasteiger charge is 2.55. The summed E-state index contributed by atoms with van der Waals surface area (Å²) in [6, 6.07) is 3.75. The highest BCUT2D eigenvalue weighted by molar-refractivity contribution is 7.84.